The van der Waals surface area contributed by atoms with Crippen LogP contribution in [0.5, 0.6) is 5.75 Å². The minimum Gasteiger partial charge on any atom is -0.484 e. The summed E-state index contributed by atoms with van der Waals surface area (Å²) in [6.07, 6.45) is 0.724. The minimum absolute atomic E-state index is 0.00725. The van der Waals surface area contributed by atoms with Gasteiger partial charge in [0, 0.05) is 18.3 Å². The van der Waals surface area contributed by atoms with Crippen molar-refractivity contribution in [2.75, 3.05) is 13.2 Å². The maximum absolute atomic E-state index is 12.2. The summed E-state index contributed by atoms with van der Waals surface area (Å²) in [7, 11) is 0. The van der Waals surface area contributed by atoms with Crippen LogP contribution >= 0.6 is 27.3 Å². The third kappa shape index (κ3) is 5.48. The SMILES string of the molecule is CC(=O)NCCc1ccc(C(=O)COc2ccc(C)cc2Br)s1. The second kappa shape index (κ2) is 8.26. The number of amides is 1. The number of rotatable bonds is 7. The highest BCUT2D eigenvalue weighted by atomic mass is 79.9. The number of nitrogens with one attached hydrogen (secondary N) is 1. The van der Waals surface area contributed by atoms with Gasteiger partial charge in [-0.3, -0.25) is 9.59 Å². The van der Waals surface area contributed by atoms with Crippen LogP contribution in [0.3, 0.4) is 0 Å². The lowest BCUT2D eigenvalue weighted by atomic mass is 10.2. The third-order valence-corrected chi connectivity index (χ3v) is 4.93. The first-order valence-electron chi connectivity index (χ1n) is 7.21. The number of benzene rings is 1. The number of thiophene rings is 1. The Bertz CT molecular complexity index is 712. The molecular weight excluding hydrogens is 378 g/mol. The van der Waals surface area contributed by atoms with Crippen molar-refractivity contribution in [1.82, 2.24) is 5.32 Å². The normalized spacial score (nSPS) is 10.4. The van der Waals surface area contributed by atoms with E-state index in [2.05, 4.69) is 21.2 Å². The third-order valence-electron chi connectivity index (χ3n) is 3.13. The van der Waals surface area contributed by atoms with Gasteiger partial charge in [0.05, 0.1) is 9.35 Å². The van der Waals surface area contributed by atoms with E-state index in [0.717, 1.165) is 21.3 Å². The van der Waals surface area contributed by atoms with Crippen LogP contribution in [0.1, 0.15) is 27.0 Å². The molecule has 4 nitrogen and oxygen atoms in total. The number of ketones is 1. The molecule has 0 aliphatic heterocycles. The predicted octanol–water partition coefficient (Wildman–Crippen LogP) is 3.76. The van der Waals surface area contributed by atoms with Crippen LogP contribution < -0.4 is 10.1 Å². The fraction of sp³-hybridized carbons (Fsp3) is 0.294. The van der Waals surface area contributed by atoms with Gasteiger partial charge in [-0.25, -0.2) is 0 Å². The van der Waals surface area contributed by atoms with Crippen molar-refractivity contribution in [1.29, 1.82) is 0 Å². The highest BCUT2D eigenvalue weighted by molar-refractivity contribution is 9.10. The largest absolute Gasteiger partial charge is 0.484 e. The van der Waals surface area contributed by atoms with Gasteiger partial charge in [-0.1, -0.05) is 6.07 Å². The summed E-state index contributed by atoms with van der Waals surface area (Å²) in [4.78, 5) is 24.8. The maximum atomic E-state index is 12.2. The average molecular weight is 396 g/mol. The molecule has 1 aromatic heterocycles. The number of halogens is 1. The van der Waals surface area contributed by atoms with Crippen LogP contribution in [0.4, 0.5) is 0 Å². The first-order valence-corrected chi connectivity index (χ1v) is 8.82. The zero-order valence-electron chi connectivity index (χ0n) is 13.0. The number of carbonyl (C=O) groups excluding carboxylic acids is 2. The Balaban J connectivity index is 1.88. The molecule has 23 heavy (non-hydrogen) atoms. The van der Waals surface area contributed by atoms with Gasteiger partial charge in [-0.2, -0.15) is 0 Å². The highest BCUT2D eigenvalue weighted by Crippen LogP contribution is 2.26. The van der Waals surface area contributed by atoms with E-state index in [1.165, 1.54) is 18.3 Å². The molecule has 0 saturated carbocycles. The summed E-state index contributed by atoms with van der Waals surface area (Å²) in [5.41, 5.74) is 1.12. The van der Waals surface area contributed by atoms with Gasteiger partial charge in [-0.05, 0) is 59.1 Å². The van der Waals surface area contributed by atoms with E-state index < -0.39 is 0 Å². The van der Waals surface area contributed by atoms with Crippen molar-refractivity contribution >= 4 is 39.0 Å². The van der Waals surface area contributed by atoms with Crippen LogP contribution in [0.15, 0.2) is 34.8 Å². The molecule has 1 heterocycles. The van der Waals surface area contributed by atoms with E-state index in [0.29, 0.717) is 17.2 Å². The summed E-state index contributed by atoms with van der Waals surface area (Å²) in [5.74, 6) is 0.564. The van der Waals surface area contributed by atoms with Gasteiger partial charge in [0.2, 0.25) is 11.7 Å². The van der Waals surface area contributed by atoms with Crippen LogP contribution in [0.2, 0.25) is 0 Å². The molecule has 0 atom stereocenters. The lowest BCUT2D eigenvalue weighted by molar-refractivity contribution is -0.118. The second-order valence-electron chi connectivity index (χ2n) is 5.14. The molecule has 6 heteroatoms. The number of Topliss-reactive ketones (excluding diaryl/α,β-unsaturated/α-hetero) is 1. The summed E-state index contributed by atoms with van der Waals surface area (Å²) in [5, 5.41) is 2.74. The molecule has 2 rings (SSSR count). The van der Waals surface area contributed by atoms with Gasteiger partial charge in [-0.15, -0.1) is 11.3 Å². The van der Waals surface area contributed by atoms with Crippen LogP contribution in [0.25, 0.3) is 0 Å². The molecule has 1 N–H and O–H groups in total. The topological polar surface area (TPSA) is 55.4 Å². The lowest BCUT2D eigenvalue weighted by Gasteiger charge is -2.07. The standard InChI is InChI=1S/C17H18BrNO3S/c1-11-3-5-16(14(18)9-11)22-10-15(21)17-6-4-13(23-17)7-8-19-12(2)20/h3-6,9H,7-8,10H2,1-2H3,(H,19,20). The Kier molecular flexibility index (Phi) is 6.36. The second-order valence-corrected chi connectivity index (χ2v) is 7.17. The van der Waals surface area contributed by atoms with Gasteiger partial charge >= 0.3 is 0 Å². The van der Waals surface area contributed by atoms with Crippen molar-refractivity contribution in [2.45, 2.75) is 20.3 Å². The van der Waals surface area contributed by atoms with Crippen molar-refractivity contribution in [3.05, 3.63) is 50.1 Å². The maximum Gasteiger partial charge on any atom is 0.216 e. The minimum atomic E-state index is -0.0479. The van der Waals surface area contributed by atoms with Crippen molar-refractivity contribution in [2.24, 2.45) is 0 Å². The Morgan fingerprint density at radius 3 is 2.74 bits per heavy atom. The lowest BCUT2D eigenvalue weighted by Crippen LogP contribution is -2.22. The smallest absolute Gasteiger partial charge is 0.216 e. The number of carbonyl (C=O) groups is 2. The molecule has 0 saturated heterocycles. The molecule has 0 aliphatic rings. The van der Waals surface area contributed by atoms with Crippen molar-refractivity contribution < 1.29 is 14.3 Å². The van der Waals surface area contributed by atoms with Crippen LogP contribution in [0, 0.1) is 6.92 Å². The number of aryl methyl sites for hydroxylation is 1. The van der Waals surface area contributed by atoms with Crippen LogP contribution in [-0.4, -0.2) is 24.8 Å². The Hall–Kier alpha value is -1.66. The molecule has 0 bridgehead atoms. The molecule has 0 unspecified atom stereocenters. The number of ether oxygens (including phenoxy) is 1. The summed E-state index contributed by atoms with van der Waals surface area (Å²) < 4.78 is 6.42. The zero-order valence-corrected chi connectivity index (χ0v) is 15.4. The number of hydrogen-bond donors (Lipinski definition) is 1. The Morgan fingerprint density at radius 2 is 2.04 bits per heavy atom. The average Bonchev–Trinajstić information content (AvgIpc) is 2.94. The first kappa shape index (κ1) is 17.7. The molecule has 0 aliphatic carbocycles. The zero-order chi connectivity index (χ0) is 16.8. The van der Waals surface area contributed by atoms with Crippen molar-refractivity contribution in [3.63, 3.8) is 0 Å². The fourth-order valence-corrected chi connectivity index (χ4v) is 3.50. The van der Waals surface area contributed by atoms with E-state index >= 15 is 0 Å². The Morgan fingerprint density at radius 1 is 1.26 bits per heavy atom. The van der Waals surface area contributed by atoms with Gasteiger partial charge in [0.1, 0.15) is 5.75 Å². The molecule has 0 radical (unpaired) electrons. The van der Waals surface area contributed by atoms with Gasteiger partial charge in [0.15, 0.2) is 6.61 Å². The molecular formula is C17H18BrNO3S. The summed E-state index contributed by atoms with van der Waals surface area (Å²) >= 11 is 4.87. The molecule has 0 fully saturated rings. The van der Waals surface area contributed by atoms with E-state index in [9.17, 15) is 9.59 Å². The summed E-state index contributed by atoms with van der Waals surface area (Å²) in [6, 6.07) is 9.46. The van der Waals surface area contributed by atoms with E-state index in [1.54, 1.807) is 0 Å². The van der Waals surface area contributed by atoms with Crippen molar-refractivity contribution in [3.8, 4) is 5.75 Å². The first-order chi connectivity index (χ1) is 11.0. The van der Waals surface area contributed by atoms with Gasteiger partial charge < -0.3 is 10.1 Å². The molecule has 1 aromatic carbocycles. The summed E-state index contributed by atoms with van der Waals surface area (Å²) in [6.45, 7) is 4.07. The molecule has 1 amide bonds. The molecule has 0 spiro atoms. The predicted molar refractivity (Wildman–Crippen MR) is 95.4 cm³/mol. The number of hydrogen-bond acceptors (Lipinski definition) is 4. The quantitative estimate of drug-likeness (QED) is 0.726. The van der Waals surface area contributed by atoms with E-state index in [-0.39, 0.29) is 18.3 Å². The monoisotopic (exact) mass is 395 g/mol. The van der Waals surface area contributed by atoms with E-state index in [1.807, 2.05) is 37.3 Å². The molecule has 122 valence electrons. The van der Waals surface area contributed by atoms with E-state index in [4.69, 9.17) is 4.74 Å². The van der Waals surface area contributed by atoms with Gasteiger partial charge in [0.25, 0.3) is 0 Å². The Labute approximate surface area is 148 Å². The fourth-order valence-electron chi connectivity index (χ4n) is 1.96. The molecule has 2 aromatic rings. The highest BCUT2D eigenvalue weighted by Gasteiger charge is 2.11. The van der Waals surface area contributed by atoms with Crippen LogP contribution in [-0.2, 0) is 11.2 Å².